The van der Waals surface area contributed by atoms with Crippen LogP contribution in [0.15, 0.2) is 12.1 Å². The van der Waals surface area contributed by atoms with Crippen LogP contribution < -0.4 is 14.8 Å². The molecule has 1 aromatic rings. The Morgan fingerprint density at radius 3 is 2.48 bits per heavy atom. The van der Waals surface area contributed by atoms with Crippen LogP contribution in [0.25, 0.3) is 0 Å². The predicted octanol–water partition coefficient (Wildman–Crippen LogP) is 2.27. The van der Waals surface area contributed by atoms with Crippen molar-refractivity contribution in [3.63, 3.8) is 0 Å². The molecule has 25 heavy (non-hydrogen) atoms. The van der Waals surface area contributed by atoms with Gasteiger partial charge in [-0.2, -0.15) is 8.78 Å². The van der Waals surface area contributed by atoms with Gasteiger partial charge in [0.25, 0.3) is 11.6 Å². The normalized spacial score (nSPS) is 12.2. The van der Waals surface area contributed by atoms with Gasteiger partial charge in [0.2, 0.25) is 0 Å². The smallest absolute Gasteiger partial charge is 0.387 e. The molecule has 0 saturated carbocycles. The number of nitrogens with zero attached hydrogens (tertiary/aromatic N) is 2. The average Bonchev–Trinajstić information content (AvgIpc) is 2.51. The summed E-state index contributed by atoms with van der Waals surface area (Å²) in [6, 6.07) is 1.53. The van der Waals surface area contributed by atoms with Crippen molar-refractivity contribution < 1.29 is 28.0 Å². The van der Waals surface area contributed by atoms with E-state index in [1.807, 2.05) is 19.0 Å². The number of nitro benzene ring substituents is 1. The van der Waals surface area contributed by atoms with Crippen LogP contribution in [0.2, 0.25) is 0 Å². The topological polar surface area (TPSA) is 93.9 Å². The molecule has 1 atom stereocenters. The van der Waals surface area contributed by atoms with Crippen molar-refractivity contribution in [2.24, 2.45) is 0 Å². The van der Waals surface area contributed by atoms with E-state index in [1.165, 1.54) is 7.11 Å². The van der Waals surface area contributed by atoms with Gasteiger partial charge >= 0.3 is 6.61 Å². The molecule has 0 heterocycles. The summed E-state index contributed by atoms with van der Waals surface area (Å²) < 4.78 is 33.9. The number of hydrogen-bond acceptors (Lipinski definition) is 6. The highest BCUT2D eigenvalue weighted by molar-refractivity contribution is 5.99. The molecule has 0 bridgehead atoms. The van der Waals surface area contributed by atoms with Crippen molar-refractivity contribution in [2.75, 3.05) is 27.7 Å². The first-order valence-corrected chi connectivity index (χ1v) is 7.42. The summed E-state index contributed by atoms with van der Waals surface area (Å²) in [5.41, 5.74) is -0.936. The molecule has 1 rings (SSSR count). The Labute approximate surface area is 143 Å². The lowest BCUT2D eigenvalue weighted by molar-refractivity contribution is -0.385. The maximum Gasteiger partial charge on any atom is 0.387 e. The lowest BCUT2D eigenvalue weighted by Gasteiger charge is -2.17. The van der Waals surface area contributed by atoms with E-state index in [4.69, 9.17) is 4.74 Å². The Morgan fingerprint density at radius 2 is 2.00 bits per heavy atom. The minimum absolute atomic E-state index is 0.197. The summed E-state index contributed by atoms with van der Waals surface area (Å²) in [7, 11) is 4.94. The summed E-state index contributed by atoms with van der Waals surface area (Å²) in [6.45, 7) is -0.702. The molecular weight excluding hydrogens is 340 g/mol. The Kier molecular flexibility index (Phi) is 7.49. The highest BCUT2D eigenvalue weighted by Crippen LogP contribution is 2.35. The number of amides is 1. The lowest BCUT2D eigenvalue weighted by Crippen LogP contribution is -2.35. The van der Waals surface area contributed by atoms with Crippen molar-refractivity contribution >= 4 is 11.6 Å². The number of rotatable bonds is 9. The van der Waals surface area contributed by atoms with Crippen molar-refractivity contribution in [3.05, 3.63) is 27.8 Å². The second-order valence-electron chi connectivity index (χ2n) is 5.62. The summed E-state index contributed by atoms with van der Waals surface area (Å²) in [4.78, 5) is 24.7. The molecular formula is C15H21F2N3O5. The van der Waals surface area contributed by atoms with Gasteiger partial charge in [0.1, 0.15) is 5.56 Å². The molecule has 1 amide bonds. The van der Waals surface area contributed by atoms with Gasteiger partial charge in [-0.1, -0.05) is 0 Å². The third-order valence-corrected chi connectivity index (χ3v) is 3.33. The van der Waals surface area contributed by atoms with Crippen LogP contribution in [0, 0.1) is 10.1 Å². The highest BCUT2D eigenvalue weighted by atomic mass is 19.3. The van der Waals surface area contributed by atoms with Crippen LogP contribution in [0.4, 0.5) is 14.5 Å². The number of carbonyl (C=O) groups is 1. The van der Waals surface area contributed by atoms with E-state index in [2.05, 4.69) is 10.1 Å². The fourth-order valence-electron chi connectivity index (χ4n) is 2.06. The third-order valence-electron chi connectivity index (χ3n) is 3.33. The van der Waals surface area contributed by atoms with E-state index in [0.29, 0.717) is 13.0 Å². The zero-order valence-corrected chi connectivity index (χ0v) is 14.4. The van der Waals surface area contributed by atoms with Crippen LogP contribution >= 0.6 is 0 Å². The minimum Gasteiger partial charge on any atom is -0.493 e. The third kappa shape index (κ3) is 6.14. The van der Waals surface area contributed by atoms with Gasteiger partial charge in [0.05, 0.1) is 18.1 Å². The number of nitrogens with one attached hydrogen (secondary N) is 1. The lowest BCUT2D eigenvalue weighted by atomic mass is 10.1. The number of nitro groups is 1. The quantitative estimate of drug-likeness (QED) is 0.536. The van der Waals surface area contributed by atoms with Gasteiger partial charge in [-0.3, -0.25) is 14.9 Å². The molecule has 0 aliphatic rings. The standard InChI is InChI=1S/C15H21F2N3O5/c1-9(5-6-19(2)3)18-14(21)10-7-12(24-4)13(25-15(16)17)8-11(10)20(22)23/h7-9,15H,5-6H2,1-4H3,(H,18,21). The average molecular weight is 361 g/mol. The Bertz CT molecular complexity index is 625. The van der Waals surface area contributed by atoms with Crippen LogP contribution in [-0.2, 0) is 0 Å². The Hall–Kier alpha value is -2.49. The molecule has 0 aromatic heterocycles. The van der Waals surface area contributed by atoms with Crippen LogP contribution in [0.3, 0.4) is 0 Å². The number of benzene rings is 1. The first-order chi connectivity index (χ1) is 11.6. The maximum absolute atomic E-state index is 12.4. The molecule has 0 saturated heterocycles. The van der Waals surface area contributed by atoms with Crippen molar-refractivity contribution in [3.8, 4) is 11.5 Å². The second-order valence-corrected chi connectivity index (χ2v) is 5.62. The highest BCUT2D eigenvalue weighted by Gasteiger charge is 2.26. The van der Waals surface area contributed by atoms with E-state index < -0.39 is 28.9 Å². The van der Waals surface area contributed by atoms with Crippen LogP contribution in [0.1, 0.15) is 23.7 Å². The number of hydrogen-bond donors (Lipinski definition) is 1. The van der Waals surface area contributed by atoms with Crippen molar-refractivity contribution in [1.29, 1.82) is 0 Å². The first-order valence-electron chi connectivity index (χ1n) is 7.42. The van der Waals surface area contributed by atoms with E-state index in [0.717, 1.165) is 12.1 Å². The Morgan fingerprint density at radius 1 is 1.36 bits per heavy atom. The first kappa shape index (κ1) is 20.6. The van der Waals surface area contributed by atoms with Crippen molar-refractivity contribution in [2.45, 2.75) is 26.0 Å². The van der Waals surface area contributed by atoms with Crippen LogP contribution in [0.5, 0.6) is 11.5 Å². The second kappa shape index (κ2) is 9.11. The van der Waals surface area contributed by atoms with Crippen LogP contribution in [-0.4, -0.2) is 56.1 Å². The molecule has 0 spiro atoms. The van der Waals surface area contributed by atoms with E-state index in [1.54, 1.807) is 6.92 Å². The molecule has 0 aliphatic carbocycles. The molecule has 10 heteroatoms. The predicted molar refractivity (Wildman–Crippen MR) is 86.4 cm³/mol. The van der Waals surface area contributed by atoms with E-state index >= 15 is 0 Å². The Balaban J connectivity index is 3.11. The van der Waals surface area contributed by atoms with Gasteiger partial charge in [0, 0.05) is 12.1 Å². The monoisotopic (exact) mass is 361 g/mol. The van der Waals surface area contributed by atoms with Gasteiger partial charge in [0.15, 0.2) is 11.5 Å². The number of ether oxygens (including phenoxy) is 2. The molecule has 140 valence electrons. The number of carbonyl (C=O) groups excluding carboxylic acids is 1. The summed E-state index contributed by atoms with van der Waals surface area (Å²) >= 11 is 0. The van der Waals surface area contributed by atoms with Gasteiger partial charge in [-0.05, 0) is 34.0 Å². The van der Waals surface area contributed by atoms with Gasteiger partial charge in [-0.25, -0.2) is 0 Å². The molecule has 0 fully saturated rings. The number of alkyl halides is 2. The molecule has 1 N–H and O–H groups in total. The number of halogens is 2. The largest absolute Gasteiger partial charge is 0.493 e. The minimum atomic E-state index is -3.18. The fraction of sp³-hybridized carbons (Fsp3) is 0.533. The summed E-state index contributed by atoms with van der Waals surface area (Å²) in [5.74, 6) is -1.40. The van der Waals surface area contributed by atoms with Gasteiger partial charge < -0.3 is 19.7 Å². The molecule has 1 unspecified atom stereocenters. The maximum atomic E-state index is 12.4. The number of methoxy groups -OCH3 is 1. The molecule has 1 aromatic carbocycles. The van der Waals surface area contributed by atoms with E-state index in [-0.39, 0.29) is 17.4 Å². The zero-order chi connectivity index (χ0) is 19.1. The van der Waals surface area contributed by atoms with Gasteiger partial charge in [-0.15, -0.1) is 0 Å². The summed E-state index contributed by atoms with van der Waals surface area (Å²) in [6.07, 6.45) is 0.635. The SMILES string of the molecule is COc1cc(C(=O)NC(C)CCN(C)C)c([N+](=O)[O-])cc1OC(F)F. The van der Waals surface area contributed by atoms with Crippen molar-refractivity contribution in [1.82, 2.24) is 10.2 Å². The molecule has 0 aliphatic heterocycles. The van der Waals surface area contributed by atoms with E-state index in [9.17, 15) is 23.7 Å². The fourth-order valence-corrected chi connectivity index (χ4v) is 2.06. The summed E-state index contributed by atoms with van der Waals surface area (Å²) in [5, 5.41) is 13.8. The molecule has 0 radical (unpaired) electrons. The molecule has 8 nitrogen and oxygen atoms in total. The zero-order valence-electron chi connectivity index (χ0n) is 14.4.